The summed E-state index contributed by atoms with van der Waals surface area (Å²) in [5, 5.41) is 6.30. The Kier molecular flexibility index (Phi) is 5.77. The summed E-state index contributed by atoms with van der Waals surface area (Å²) in [5.74, 6) is 0.644. The van der Waals surface area contributed by atoms with Gasteiger partial charge in [0.15, 0.2) is 0 Å². The van der Waals surface area contributed by atoms with Gasteiger partial charge in [-0.1, -0.05) is 13.3 Å². The van der Waals surface area contributed by atoms with E-state index in [0.29, 0.717) is 12.0 Å². The Balaban J connectivity index is 2.32. The fraction of sp³-hybridized carbons (Fsp3) is 0.917. The SMILES string of the molecule is CCCNC(=O)C(C)NC1CCCC1CN. The van der Waals surface area contributed by atoms with Gasteiger partial charge in [0.05, 0.1) is 6.04 Å². The van der Waals surface area contributed by atoms with Crippen molar-refractivity contribution in [1.82, 2.24) is 10.6 Å². The molecule has 1 fully saturated rings. The van der Waals surface area contributed by atoms with Crippen LogP contribution in [-0.2, 0) is 4.79 Å². The maximum Gasteiger partial charge on any atom is 0.236 e. The average Bonchev–Trinajstić information content (AvgIpc) is 2.72. The van der Waals surface area contributed by atoms with E-state index in [1.165, 1.54) is 12.8 Å². The summed E-state index contributed by atoms with van der Waals surface area (Å²) in [4.78, 5) is 11.7. The molecule has 0 radical (unpaired) electrons. The molecule has 0 aromatic carbocycles. The minimum absolute atomic E-state index is 0.101. The molecular weight excluding hydrogens is 202 g/mol. The molecule has 0 heterocycles. The number of hydrogen-bond donors (Lipinski definition) is 3. The van der Waals surface area contributed by atoms with Gasteiger partial charge in [-0.15, -0.1) is 0 Å². The first-order chi connectivity index (χ1) is 7.69. The van der Waals surface area contributed by atoms with Crippen molar-refractivity contribution in [2.24, 2.45) is 11.7 Å². The van der Waals surface area contributed by atoms with E-state index < -0.39 is 0 Å². The first-order valence-corrected chi connectivity index (χ1v) is 6.42. The number of rotatable bonds is 6. The topological polar surface area (TPSA) is 67.2 Å². The molecule has 4 nitrogen and oxygen atoms in total. The van der Waals surface area contributed by atoms with E-state index in [-0.39, 0.29) is 11.9 Å². The van der Waals surface area contributed by atoms with E-state index in [2.05, 4.69) is 17.6 Å². The highest BCUT2D eigenvalue weighted by molar-refractivity contribution is 5.81. The lowest BCUT2D eigenvalue weighted by Crippen LogP contribution is -2.48. The molecule has 1 saturated carbocycles. The van der Waals surface area contributed by atoms with E-state index in [0.717, 1.165) is 25.9 Å². The second-order valence-electron chi connectivity index (χ2n) is 4.71. The molecule has 0 aliphatic heterocycles. The molecule has 1 rings (SSSR count). The Hall–Kier alpha value is -0.610. The number of carbonyl (C=O) groups is 1. The van der Waals surface area contributed by atoms with Gasteiger partial charge < -0.3 is 16.4 Å². The summed E-state index contributed by atoms with van der Waals surface area (Å²) in [7, 11) is 0. The Morgan fingerprint density at radius 2 is 2.25 bits per heavy atom. The van der Waals surface area contributed by atoms with Gasteiger partial charge in [0.25, 0.3) is 0 Å². The lowest BCUT2D eigenvalue weighted by atomic mass is 10.0. The molecule has 4 N–H and O–H groups in total. The molecule has 3 unspecified atom stereocenters. The zero-order valence-electron chi connectivity index (χ0n) is 10.5. The van der Waals surface area contributed by atoms with Crippen molar-refractivity contribution in [3.05, 3.63) is 0 Å². The predicted octanol–water partition coefficient (Wildman–Crippen LogP) is 0.618. The highest BCUT2D eigenvalue weighted by atomic mass is 16.2. The Labute approximate surface area is 98.3 Å². The Morgan fingerprint density at radius 3 is 2.88 bits per heavy atom. The van der Waals surface area contributed by atoms with Crippen LogP contribution in [0.1, 0.15) is 39.5 Å². The van der Waals surface area contributed by atoms with Crippen LogP contribution in [0.3, 0.4) is 0 Å². The van der Waals surface area contributed by atoms with Crippen molar-refractivity contribution in [2.45, 2.75) is 51.6 Å². The first-order valence-electron chi connectivity index (χ1n) is 6.42. The lowest BCUT2D eigenvalue weighted by Gasteiger charge is -2.23. The molecule has 4 heteroatoms. The maximum absolute atomic E-state index is 11.7. The molecule has 1 aliphatic carbocycles. The van der Waals surface area contributed by atoms with Crippen molar-refractivity contribution < 1.29 is 4.79 Å². The average molecular weight is 227 g/mol. The fourth-order valence-electron chi connectivity index (χ4n) is 2.34. The Morgan fingerprint density at radius 1 is 1.50 bits per heavy atom. The van der Waals surface area contributed by atoms with Crippen LogP contribution >= 0.6 is 0 Å². The van der Waals surface area contributed by atoms with Crippen LogP contribution in [0.15, 0.2) is 0 Å². The molecule has 0 aromatic rings. The first kappa shape index (κ1) is 13.5. The van der Waals surface area contributed by atoms with Gasteiger partial charge in [-0.05, 0) is 38.6 Å². The van der Waals surface area contributed by atoms with Crippen LogP contribution in [0, 0.1) is 5.92 Å². The third kappa shape index (κ3) is 3.76. The summed E-state index contributed by atoms with van der Waals surface area (Å²) in [5.41, 5.74) is 5.72. The van der Waals surface area contributed by atoms with Gasteiger partial charge in [-0.25, -0.2) is 0 Å². The monoisotopic (exact) mass is 227 g/mol. The highest BCUT2D eigenvalue weighted by Gasteiger charge is 2.28. The molecule has 3 atom stereocenters. The van der Waals surface area contributed by atoms with Crippen LogP contribution in [0.4, 0.5) is 0 Å². The largest absolute Gasteiger partial charge is 0.355 e. The molecule has 0 aromatic heterocycles. The number of hydrogen-bond acceptors (Lipinski definition) is 3. The summed E-state index contributed by atoms with van der Waals surface area (Å²) in [6, 6.07) is 0.316. The number of carbonyl (C=O) groups excluding carboxylic acids is 1. The number of amides is 1. The highest BCUT2D eigenvalue weighted by Crippen LogP contribution is 2.24. The van der Waals surface area contributed by atoms with Gasteiger partial charge in [0.1, 0.15) is 0 Å². The summed E-state index contributed by atoms with van der Waals surface area (Å²) >= 11 is 0. The molecule has 0 saturated heterocycles. The molecule has 1 aliphatic rings. The molecule has 0 spiro atoms. The maximum atomic E-state index is 11.7. The van der Waals surface area contributed by atoms with Crippen molar-refractivity contribution >= 4 is 5.91 Å². The van der Waals surface area contributed by atoms with E-state index in [9.17, 15) is 4.79 Å². The van der Waals surface area contributed by atoms with Gasteiger partial charge >= 0.3 is 0 Å². The van der Waals surface area contributed by atoms with Crippen LogP contribution < -0.4 is 16.4 Å². The molecule has 94 valence electrons. The second kappa shape index (κ2) is 6.86. The molecular formula is C12H25N3O. The second-order valence-corrected chi connectivity index (χ2v) is 4.71. The zero-order chi connectivity index (χ0) is 12.0. The standard InChI is InChI=1S/C12H25N3O/c1-3-7-14-12(16)9(2)15-11-6-4-5-10(11)8-13/h9-11,15H,3-8,13H2,1-2H3,(H,14,16). The summed E-state index contributed by atoms with van der Waals surface area (Å²) < 4.78 is 0. The zero-order valence-corrected chi connectivity index (χ0v) is 10.5. The molecule has 1 amide bonds. The van der Waals surface area contributed by atoms with E-state index in [1.807, 2.05) is 6.92 Å². The van der Waals surface area contributed by atoms with Crippen molar-refractivity contribution in [3.63, 3.8) is 0 Å². The minimum Gasteiger partial charge on any atom is -0.355 e. The van der Waals surface area contributed by atoms with E-state index in [1.54, 1.807) is 0 Å². The fourth-order valence-corrected chi connectivity index (χ4v) is 2.34. The normalized spacial score (nSPS) is 26.7. The van der Waals surface area contributed by atoms with E-state index in [4.69, 9.17) is 5.73 Å². The van der Waals surface area contributed by atoms with Crippen molar-refractivity contribution in [3.8, 4) is 0 Å². The van der Waals surface area contributed by atoms with Crippen molar-refractivity contribution in [1.29, 1.82) is 0 Å². The van der Waals surface area contributed by atoms with Crippen molar-refractivity contribution in [2.75, 3.05) is 13.1 Å². The lowest BCUT2D eigenvalue weighted by molar-refractivity contribution is -0.123. The van der Waals surface area contributed by atoms with E-state index >= 15 is 0 Å². The molecule has 0 bridgehead atoms. The molecule has 16 heavy (non-hydrogen) atoms. The number of nitrogens with one attached hydrogen (secondary N) is 2. The van der Waals surface area contributed by atoms with Crippen LogP contribution in [0.25, 0.3) is 0 Å². The minimum atomic E-state index is -0.108. The third-order valence-corrected chi connectivity index (χ3v) is 3.37. The third-order valence-electron chi connectivity index (χ3n) is 3.37. The Bertz CT molecular complexity index is 220. The van der Waals surface area contributed by atoms with Gasteiger partial charge in [-0.3, -0.25) is 4.79 Å². The smallest absolute Gasteiger partial charge is 0.236 e. The van der Waals surface area contributed by atoms with Crippen LogP contribution in [-0.4, -0.2) is 31.1 Å². The summed E-state index contributed by atoms with van der Waals surface area (Å²) in [6.45, 7) is 5.47. The van der Waals surface area contributed by atoms with Crippen LogP contribution in [0.5, 0.6) is 0 Å². The number of nitrogens with two attached hydrogens (primary N) is 1. The van der Waals surface area contributed by atoms with Gasteiger partial charge in [0, 0.05) is 12.6 Å². The van der Waals surface area contributed by atoms with Gasteiger partial charge in [-0.2, -0.15) is 0 Å². The summed E-state index contributed by atoms with van der Waals surface area (Å²) in [6.07, 6.45) is 4.54. The van der Waals surface area contributed by atoms with Gasteiger partial charge in [0.2, 0.25) is 5.91 Å². The predicted molar refractivity (Wildman–Crippen MR) is 66.1 cm³/mol. The van der Waals surface area contributed by atoms with Crippen LogP contribution in [0.2, 0.25) is 0 Å². The quantitative estimate of drug-likeness (QED) is 0.623.